The Kier molecular flexibility index (Phi) is 4.19. The van der Waals surface area contributed by atoms with E-state index in [1.807, 2.05) is 30.7 Å². The van der Waals surface area contributed by atoms with Gasteiger partial charge >= 0.3 is 0 Å². The summed E-state index contributed by atoms with van der Waals surface area (Å²) >= 11 is 12.5. The fourth-order valence-corrected chi connectivity index (χ4v) is 2.94. The number of aryl methyl sites for hydroxylation is 1. The van der Waals surface area contributed by atoms with Crippen LogP contribution in [-0.4, -0.2) is 0 Å². The Morgan fingerprint density at radius 3 is 2.10 bits per heavy atom. The second-order valence-electron chi connectivity index (χ2n) is 5.15. The molecule has 1 aliphatic rings. The molecule has 2 aromatic carbocycles. The first-order valence-electron chi connectivity index (χ1n) is 6.91. The molecular weight excluding hydrogens is 299 g/mol. The van der Waals surface area contributed by atoms with Crippen molar-refractivity contribution in [3.63, 3.8) is 0 Å². The van der Waals surface area contributed by atoms with Crippen LogP contribution in [0.15, 0.2) is 59.6 Å². The maximum absolute atomic E-state index is 6.48. The van der Waals surface area contributed by atoms with Crippen molar-refractivity contribution in [3.05, 3.63) is 87.8 Å². The molecule has 1 aliphatic carbocycles. The minimum absolute atomic E-state index is 0.733. The highest BCUT2D eigenvalue weighted by molar-refractivity contribution is 6.37. The average Bonchev–Trinajstić information content (AvgIpc) is 2.49. The maximum atomic E-state index is 6.48. The monoisotopic (exact) mass is 313 g/mol. The highest BCUT2D eigenvalue weighted by atomic mass is 35.5. The van der Waals surface area contributed by atoms with Gasteiger partial charge in [-0.05, 0) is 42.2 Å². The van der Waals surface area contributed by atoms with Crippen molar-refractivity contribution in [1.29, 1.82) is 0 Å². The zero-order valence-electron chi connectivity index (χ0n) is 11.7. The molecule has 0 saturated carbocycles. The fraction of sp³-hybridized carbons (Fsp3) is 0.105. The Morgan fingerprint density at radius 1 is 0.810 bits per heavy atom. The lowest BCUT2D eigenvalue weighted by atomic mass is 9.87. The van der Waals surface area contributed by atoms with Gasteiger partial charge in [0.05, 0.1) is 0 Å². The Morgan fingerprint density at radius 2 is 1.43 bits per heavy atom. The van der Waals surface area contributed by atoms with E-state index in [1.165, 1.54) is 16.7 Å². The van der Waals surface area contributed by atoms with Gasteiger partial charge in [0.1, 0.15) is 0 Å². The molecule has 2 heteroatoms. The molecule has 0 bridgehead atoms. The van der Waals surface area contributed by atoms with E-state index >= 15 is 0 Å². The van der Waals surface area contributed by atoms with Crippen molar-refractivity contribution in [2.75, 3.05) is 0 Å². The van der Waals surface area contributed by atoms with Crippen LogP contribution >= 0.6 is 23.2 Å². The van der Waals surface area contributed by atoms with Gasteiger partial charge in [-0.25, -0.2) is 0 Å². The summed E-state index contributed by atoms with van der Waals surface area (Å²) in [6, 6.07) is 16.4. The zero-order valence-corrected chi connectivity index (χ0v) is 13.2. The molecule has 105 valence electrons. The number of hydrogen-bond donors (Lipinski definition) is 0. The van der Waals surface area contributed by atoms with E-state index < -0.39 is 0 Å². The lowest BCUT2D eigenvalue weighted by Gasteiger charge is -2.20. The number of hydrogen-bond acceptors (Lipinski definition) is 0. The van der Waals surface area contributed by atoms with E-state index in [-0.39, 0.29) is 0 Å². The highest BCUT2D eigenvalue weighted by Crippen LogP contribution is 2.40. The predicted octanol–water partition coefficient (Wildman–Crippen LogP) is 6.29. The molecule has 3 rings (SSSR count). The van der Waals surface area contributed by atoms with E-state index in [0.717, 1.165) is 27.6 Å². The molecule has 0 spiro atoms. The molecule has 0 amide bonds. The lowest BCUT2D eigenvalue weighted by Crippen LogP contribution is -1.98. The van der Waals surface area contributed by atoms with E-state index in [9.17, 15) is 0 Å². The van der Waals surface area contributed by atoms with E-state index in [0.29, 0.717) is 0 Å². The highest BCUT2D eigenvalue weighted by Gasteiger charge is 2.18. The topological polar surface area (TPSA) is 0 Å². The van der Waals surface area contributed by atoms with Crippen molar-refractivity contribution in [2.24, 2.45) is 0 Å². The average molecular weight is 314 g/mol. The molecule has 0 aromatic heterocycles. The number of halogens is 2. The minimum atomic E-state index is 0.733. The van der Waals surface area contributed by atoms with Crippen molar-refractivity contribution < 1.29 is 0 Å². The first-order valence-corrected chi connectivity index (χ1v) is 7.67. The summed E-state index contributed by atoms with van der Waals surface area (Å²) in [6.45, 7) is 2.09. The van der Waals surface area contributed by atoms with Gasteiger partial charge in [-0.3, -0.25) is 0 Å². The maximum Gasteiger partial charge on any atom is 0.0406 e. The molecule has 0 N–H and O–H groups in total. The third kappa shape index (κ3) is 3.07. The summed E-state index contributed by atoms with van der Waals surface area (Å²) in [5, 5.41) is 1.53. The molecule has 1 radical (unpaired) electrons. The number of benzene rings is 2. The Hall–Kier alpha value is -1.50. The van der Waals surface area contributed by atoms with Crippen LogP contribution in [0.5, 0.6) is 0 Å². The lowest BCUT2D eigenvalue weighted by molar-refractivity contribution is 1.25. The summed E-state index contributed by atoms with van der Waals surface area (Å²) in [5.74, 6) is 0. The van der Waals surface area contributed by atoms with Crippen LogP contribution in [0.3, 0.4) is 0 Å². The second-order valence-corrected chi connectivity index (χ2v) is 6.00. The first kappa shape index (κ1) is 14.4. The van der Waals surface area contributed by atoms with Gasteiger partial charge in [0.25, 0.3) is 0 Å². The third-order valence-electron chi connectivity index (χ3n) is 3.62. The summed E-state index contributed by atoms with van der Waals surface area (Å²) in [5.41, 5.74) is 5.79. The molecule has 21 heavy (non-hydrogen) atoms. The van der Waals surface area contributed by atoms with E-state index in [4.69, 9.17) is 23.2 Å². The molecule has 0 fully saturated rings. The predicted molar refractivity (Wildman–Crippen MR) is 92.3 cm³/mol. The van der Waals surface area contributed by atoms with Gasteiger partial charge in [-0.15, -0.1) is 0 Å². The molecule has 0 saturated heterocycles. The van der Waals surface area contributed by atoms with Crippen LogP contribution in [0.4, 0.5) is 0 Å². The summed E-state index contributed by atoms with van der Waals surface area (Å²) in [4.78, 5) is 0. The largest absolute Gasteiger partial charge is 0.0881 e. The number of rotatable bonds is 2. The zero-order chi connectivity index (χ0) is 14.8. The van der Waals surface area contributed by atoms with Crippen LogP contribution in [-0.2, 0) is 0 Å². The minimum Gasteiger partial charge on any atom is -0.0881 e. The second kappa shape index (κ2) is 6.09. The van der Waals surface area contributed by atoms with Gasteiger partial charge in [0.15, 0.2) is 0 Å². The molecule has 2 aromatic rings. The van der Waals surface area contributed by atoms with Crippen molar-refractivity contribution in [1.82, 2.24) is 0 Å². The standard InChI is InChI=1S/C19H15Cl2/c1-13-5-7-14(8-6-13)17-3-2-4-18(21)19(17)15-9-11-16(20)12-10-15/h3-12H,2H2,1H3. The number of allylic oxidation sites excluding steroid dienone is 4. The molecule has 0 nitrogen and oxygen atoms in total. The van der Waals surface area contributed by atoms with Crippen LogP contribution in [0.2, 0.25) is 5.02 Å². The molecule has 0 unspecified atom stereocenters. The summed E-state index contributed by atoms with van der Waals surface area (Å²) < 4.78 is 0. The third-order valence-corrected chi connectivity index (χ3v) is 4.22. The fourth-order valence-electron chi connectivity index (χ4n) is 2.52. The summed E-state index contributed by atoms with van der Waals surface area (Å²) in [7, 11) is 0. The van der Waals surface area contributed by atoms with E-state index in [2.05, 4.69) is 37.3 Å². The first-order chi connectivity index (χ1) is 10.1. The molecule has 0 heterocycles. The SMILES string of the molecule is Cc1ccc(C2=CC[CH]C(Cl)=C2c2ccc(Cl)cc2)cc1. The Labute approximate surface area is 135 Å². The molecule has 0 aliphatic heterocycles. The van der Waals surface area contributed by atoms with Crippen molar-refractivity contribution in [3.8, 4) is 0 Å². The van der Waals surface area contributed by atoms with Crippen LogP contribution in [0.25, 0.3) is 11.1 Å². The molecular formula is C19H15Cl2. The quantitative estimate of drug-likeness (QED) is 0.611. The van der Waals surface area contributed by atoms with Crippen LogP contribution in [0, 0.1) is 13.3 Å². The van der Waals surface area contributed by atoms with Crippen LogP contribution in [0.1, 0.15) is 23.1 Å². The summed E-state index contributed by atoms with van der Waals surface area (Å²) in [6.07, 6.45) is 5.13. The van der Waals surface area contributed by atoms with E-state index in [1.54, 1.807) is 0 Å². The van der Waals surface area contributed by atoms with Gasteiger partial charge in [-0.2, -0.15) is 0 Å². The Balaban J connectivity index is 2.08. The van der Waals surface area contributed by atoms with Gasteiger partial charge in [0.2, 0.25) is 0 Å². The van der Waals surface area contributed by atoms with Gasteiger partial charge in [0, 0.05) is 22.0 Å². The van der Waals surface area contributed by atoms with Gasteiger partial charge < -0.3 is 0 Å². The van der Waals surface area contributed by atoms with Crippen LogP contribution < -0.4 is 0 Å². The van der Waals surface area contributed by atoms with Gasteiger partial charge in [-0.1, -0.05) is 71.2 Å². The van der Waals surface area contributed by atoms with Crippen molar-refractivity contribution in [2.45, 2.75) is 13.3 Å². The smallest absolute Gasteiger partial charge is 0.0406 e. The Bertz CT molecular complexity index is 704. The molecule has 0 atom stereocenters. The van der Waals surface area contributed by atoms with Crippen molar-refractivity contribution >= 4 is 34.3 Å². The normalized spacial score (nSPS) is 15.1.